The van der Waals surface area contributed by atoms with Crippen LogP contribution in [0.4, 0.5) is 5.69 Å². The molecule has 1 aromatic rings. The molecule has 11 heavy (non-hydrogen) atoms. The van der Waals surface area contributed by atoms with Crippen molar-refractivity contribution in [2.75, 3.05) is 5.73 Å². The lowest BCUT2D eigenvalue weighted by Gasteiger charge is -2.06. The van der Waals surface area contributed by atoms with E-state index < -0.39 is 0 Å². The molecule has 3 N–H and O–H groups in total. The fraction of sp³-hybridized carbons (Fsp3) is 0.333. The molecule has 0 heterocycles. The van der Waals surface area contributed by atoms with Crippen molar-refractivity contribution < 1.29 is 5.11 Å². The zero-order valence-electron chi connectivity index (χ0n) is 6.62. The Kier molecular flexibility index (Phi) is 2.49. The van der Waals surface area contributed by atoms with Crippen molar-refractivity contribution >= 4 is 5.69 Å². The number of aliphatic hydroxyl groups is 1. The summed E-state index contributed by atoms with van der Waals surface area (Å²) >= 11 is 0. The SMILES string of the molecule is CCC(O)c1ccc(N)cc1. The van der Waals surface area contributed by atoms with Crippen LogP contribution in [0.5, 0.6) is 0 Å². The Morgan fingerprint density at radius 3 is 2.36 bits per heavy atom. The lowest BCUT2D eigenvalue weighted by Crippen LogP contribution is -1.94. The van der Waals surface area contributed by atoms with Crippen molar-refractivity contribution in [3.8, 4) is 0 Å². The van der Waals surface area contributed by atoms with Crippen LogP contribution >= 0.6 is 0 Å². The Balaban J connectivity index is 2.81. The van der Waals surface area contributed by atoms with Crippen LogP contribution < -0.4 is 5.73 Å². The number of anilines is 1. The molecule has 0 amide bonds. The van der Waals surface area contributed by atoms with Crippen molar-refractivity contribution in [3.05, 3.63) is 29.8 Å². The van der Waals surface area contributed by atoms with E-state index in [1.54, 1.807) is 12.1 Å². The number of aliphatic hydroxyl groups excluding tert-OH is 1. The van der Waals surface area contributed by atoms with Crippen LogP contribution in [0.2, 0.25) is 0 Å². The fourth-order valence-corrected chi connectivity index (χ4v) is 0.954. The molecule has 0 fully saturated rings. The van der Waals surface area contributed by atoms with E-state index in [9.17, 15) is 5.11 Å². The van der Waals surface area contributed by atoms with Gasteiger partial charge in [0.2, 0.25) is 0 Å². The topological polar surface area (TPSA) is 46.2 Å². The average Bonchev–Trinajstić information content (AvgIpc) is 2.05. The number of nitrogens with two attached hydrogens (primary N) is 1. The summed E-state index contributed by atoms with van der Waals surface area (Å²) in [6, 6.07) is 7.30. The van der Waals surface area contributed by atoms with Gasteiger partial charge in [-0.05, 0) is 24.1 Å². The molecular formula is C9H13NO. The van der Waals surface area contributed by atoms with Crippen LogP contribution in [0.15, 0.2) is 24.3 Å². The molecule has 0 spiro atoms. The largest absolute Gasteiger partial charge is 0.399 e. The van der Waals surface area contributed by atoms with Gasteiger partial charge in [-0.1, -0.05) is 19.1 Å². The number of hydrogen-bond donors (Lipinski definition) is 2. The molecule has 0 aliphatic rings. The van der Waals surface area contributed by atoms with E-state index in [1.807, 2.05) is 19.1 Å². The summed E-state index contributed by atoms with van der Waals surface area (Å²) in [5, 5.41) is 9.38. The molecular weight excluding hydrogens is 138 g/mol. The van der Waals surface area contributed by atoms with Crippen LogP contribution in [0.25, 0.3) is 0 Å². The Morgan fingerprint density at radius 1 is 1.36 bits per heavy atom. The van der Waals surface area contributed by atoms with E-state index in [0.717, 1.165) is 17.7 Å². The first-order valence-electron chi connectivity index (χ1n) is 3.77. The highest BCUT2D eigenvalue weighted by atomic mass is 16.3. The van der Waals surface area contributed by atoms with Crippen LogP contribution in [0.1, 0.15) is 25.0 Å². The molecule has 0 aromatic heterocycles. The van der Waals surface area contributed by atoms with Crippen LogP contribution in [0.3, 0.4) is 0 Å². The van der Waals surface area contributed by atoms with Gasteiger partial charge in [0, 0.05) is 5.69 Å². The van der Waals surface area contributed by atoms with Gasteiger partial charge in [0.05, 0.1) is 6.10 Å². The molecule has 0 aliphatic heterocycles. The second-order valence-corrected chi connectivity index (χ2v) is 2.59. The molecule has 0 radical (unpaired) electrons. The van der Waals surface area contributed by atoms with Crippen LogP contribution in [0, 0.1) is 0 Å². The van der Waals surface area contributed by atoms with Gasteiger partial charge in [-0.15, -0.1) is 0 Å². The van der Waals surface area contributed by atoms with Gasteiger partial charge in [-0.3, -0.25) is 0 Å². The Hall–Kier alpha value is -1.02. The smallest absolute Gasteiger partial charge is 0.0787 e. The van der Waals surface area contributed by atoms with E-state index in [0.29, 0.717) is 0 Å². The highest BCUT2D eigenvalue weighted by Gasteiger charge is 2.02. The maximum absolute atomic E-state index is 9.38. The second-order valence-electron chi connectivity index (χ2n) is 2.59. The molecule has 60 valence electrons. The molecule has 0 aliphatic carbocycles. The van der Waals surface area contributed by atoms with E-state index in [1.165, 1.54) is 0 Å². The van der Waals surface area contributed by atoms with E-state index in [-0.39, 0.29) is 6.10 Å². The Labute approximate surface area is 66.7 Å². The van der Waals surface area contributed by atoms with Gasteiger partial charge in [0.15, 0.2) is 0 Å². The minimum atomic E-state index is -0.351. The minimum absolute atomic E-state index is 0.351. The summed E-state index contributed by atoms with van der Waals surface area (Å²) in [6.07, 6.45) is 0.389. The molecule has 1 rings (SSSR count). The summed E-state index contributed by atoms with van der Waals surface area (Å²) in [7, 11) is 0. The first-order chi connectivity index (χ1) is 5.24. The number of nitrogen functional groups attached to an aromatic ring is 1. The van der Waals surface area contributed by atoms with Gasteiger partial charge in [0.25, 0.3) is 0 Å². The van der Waals surface area contributed by atoms with E-state index in [2.05, 4.69) is 0 Å². The molecule has 0 saturated heterocycles. The maximum atomic E-state index is 9.38. The zero-order valence-corrected chi connectivity index (χ0v) is 6.62. The molecule has 1 aromatic carbocycles. The Morgan fingerprint density at radius 2 is 1.91 bits per heavy atom. The Bertz CT molecular complexity index is 218. The lowest BCUT2D eigenvalue weighted by atomic mass is 10.1. The fourth-order valence-electron chi connectivity index (χ4n) is 0.954. The predicted octanol–water partition coefficient (Wildman–Crippen LogP) is 1.71. The van der Waals surface area contributed by atoms with Crippen molar-refractivity contribution in [2.45, 2.75) is 19.4 Å². The molecule has 1 unspecified atom stereocenters. The summed E-state index contributed by atoms with van der Waals surface area (Å²) in [5.74, 6) is 0. The van der Waals surface area contributed by atoms with Gasteiger partial charge < -0.3 is 10.8 Å². The van der Waals surface area contributed by atoms with E-state index >= 15 is 0 Å². The van der Waals surface area contributed by atoms with E-state index in [4.69, 9.17) is 5.73 Å². The molecule has 0 bridgehead atoms. The molecule has 2 nitrogen and oxygen atoms in total. The average molecular weight is 151 g/mol. The zero-order chi connectivity index (χ0) is 8.27. The van der Waals surface area contributed by atoms with Crippen LogP contribution in [-0.2, 0) is 0 Å². The first kappa shape index (κ1) is 8.08. The summed E-state index contributed by atoms with van der Waals surface area (Å²) in [5.41, 5.74) is 7.15. The number of benzene rings is 1. The van der Waals surface area contributed by atoms with Crippen molar-refractivity contribution in [3.63, 3.8) is 0 Å². The highest BCUT2D eigenvalue weighted by molar-refractivity contribution is 5.39. The number of rotatable bonds is 2. The summed E-state index contributed by atoms with van der Waals surface area (Å²) in [4.78, 5) is 0. The van der Waals surface area contributed by atoms with Gasteiger partial charge in [0.1, 0.15) is 0 Å². The quantitative estimate of drug-likeness (QED) is 0.632. The summed E-state index contributed by atoms with van der Waals surface area (Å²) < 4.78 is 0. The summed E-state index contributed by atoms with van der Waals surface area (Å²) in [6.45, 7) is 1.95. The van der Waals surface area contributed by atoms with Gasteiger partial charge in [-0.25, -0.2) is 0 Å². The predicted molar refractivity (Wildman–Crippen MR) is 46.1 cm³/mol. The normalized spacial score (nSPS) is 12.9. The second kappa shape index (κ2) is 3.39. The highest BCUT2D eigenvalue weighted by Crippen LogP contribution is 2.16. The monoisotopic (exact) mass is 151 g/mol. The minimum Gasteiger partial charge on any atom is -0.399 e. The first-order valence-corrected chi connectivity index (χ1v) is 3.77. The number of hydrogen-bond acceptors (Lipinski definition) is 2. The third kappa shape index (κ3) is 1.95. The molecule has 0 saturated carbocycles. The third-order valence-electron chi connectivity index (χ3n) is 1.71. The maximum Gasteiger partial charge on any atom is 0.0787 e. The van der Waals surface area contributed by atoms with Crippen LogP contribution in [-0.4, -0.2) is 5.11 Å². The molecule has 1 atom stereocenters. The van der Waals surface area contributed by atoms with Crippen molar-refractivity contribution in [1.82, 2.24) is 0 Å². The van der Waals surface area contributed by atoms with Gasteiger partial charge in [-0.2, -0.15) is 0 Å². The van der Waals surface area contributed by atoms with Crippen molar-refractivity contribution in [2.24, 2.45) is 0 Å². The van der Waals surface area contributed by atoms with Crippen molar-refractivity contribution in [1.29, 1.82) is 0 Å². The third-order valence-corrected chi connectivity index (χ3v) is 1.71. The lowest BCUT2D eigenvalue weighted by molar-refractivity contribution is 0.173. The van der Waals surface area contributed by atoms with Gasteiger partial charge >= 0.3 is 0 Å². The standard InChI is InChI=1S/C9H13NO/c1-2-9(11)7-3-5-8(10)6-4-7/h3-6,9,11H,2,10H2,1H3. The molecule has 2 heteroatoms.